The van der Waals surface area contributed by atoms with Gasteiger partial charge in [0.2, 0.25) is 5.76 Å². The Kier molecular flexibility index (Phi) is 5.83. The average molecular weight is 445 g/mol. The maximum absolute atomic E-state index is 12.4. The maximum atomic E-state index is 12.4. The normalized spacial score (nSPS) is 11.5. The van der Waals surface area contributed by atoms with Gasteiger partial charge in [0.15, 0.2) is 5.69 Å². The predicted octanol–water partition coefficient (Wildman–Crippen LogP) is 4.05. The van der Waals surface area contributed by atoms with Gasteiger partial charge in [0.1, 0.15) is 10.6 Å². The quantitative estimate of drug-likeness (QED) is 0.297. The molecule has 0 unspecified atom stereocenters. The van der Waals surface area contributed by atoms with Crippen LogP contribution in [0.2, 0.25) is 0 Å². The Bertz CT molecular complexity index is 1290. The minimum Gasteiger partial charge on any atom is -0.379 e. The van der Waals surface area contributed by atoms with Gasteiger partial charge < -0.3 is 8.71 Å². The van der Waals surface area contributed by atoms with Gasteiger partial charge in [0.25, 0.3) is 5.69 Å². The Balaban J connectivity index is 1.79. The van der Waals surface area contributed by atoms with Crippen molar-refractivity contribution in [3.05, 3.63) is 85.3 Å². The number of rotatable bonds is 7. The fourth-order valence-electron chi connectivity index (χ4n) is 2.64. The summed E-state index contributed by atoms with van der Waals surface area (Å²) in [6.07, 6.45) is 2.89. The number of aryl methyl sites for hydroxylation is 2. The minimum absolute atomic E-state index is 0.0122. The summed E-state index contributed by atoms with van der Waals surface area (Å²) >= 11 is 0. The van der Waals surface area contributed by atoms with Gasteiger partial charge >= 0.3 is 15.8 Å². The monoisotopic (exact) mass is 445 g/mol. The van der Waals surface area contributed by atoms with Gasteiger partial charge in [0, 0.05) is 11.6 Å². The van der Waals surface area contributed by atoms with Crippen LogP contribution < -0.4 is 4.18 Å². The van der Waals surface area contributed by atoms with Crippen molar-refractivity contribution in [1.29, 1.82) is 0 Å². The maximum Gasteiger partial charge on any atom is 0.339 e. The molecular weight excluding hydrogens is 430 g/mol. The lowest BCUT2D eigenvalue weighted by Gasteiger charge is -2.08. The molecule has 0 aliphatic carbocycles. The van der Waals surface area contributed by atoms with Crippen LogP contribution in [0.3, 0.4) is 0 Å². The van der Waals surface area contributed by atoms with Crippen LogP contribution in [0.5, 0.6) is 5.75 Å². The van der Waals surface area contributed by atoms with Crippen molar-refractivity contribution >= 4 is 33.6 Å². The van der Waals surface area contributed by atoms with Crippen molar-refractivity contribution in [3.63, 3.8) is 0 Å². The molecule has 0 bridgehead atoms. The summed E-state index contributed by atoms with van der Waals surface area (Å²) in [5.74, 6) is -0.0340. The van der Waals surface area contributed by atoms with E-state index in [4.69, 9.17) is 8.71 Å². The highest BCUT2D eigenvalue weighted by atomic mass is 32.2. The Labute approximate surface area is 176 Å². The standard InChI is InChI=1S/C19H15N3O8S/c1-12-3-9-16(11-17(12)21(23)24)31(27,28)30-15-7-4-14(5-8-15)6-10-18-19(22(25)26)13(2)20-29-18/h3-11H,1-2H3/b10-6+. The van der Waals surface area contributed by atoms with Crippen LogP contribution in [-0.4, -0.2) is 23.4 Å². The Morgan fingerprint density at radius 3 is 2.29 bits per heavy atom. The Morgan fingerprint density at radius 2 is 1.68 bits per heavy atom. The first-order chi connectivity index (χ1) is 14.6. The molecule has 0 saturated heterocycles. The first-order valence-electron chi connectivity index (χ1n) is 8.67. The first kappa shape index (κ1) is 21.6. The molecule has 3 aromatic rings. The largest absolute Gasteiger partial charge is 0.379 e. The highest BCUT2D eigenvalue weighted by molar-refractivity contribution is 7.87. The third-order valence-electron chi connectivity index (χ3n) is 4.22. The molecule has 12 heteroatoms. The van der Waals surface area contributed by atoms with E-state index in [-0.39, 0.29) is 33.5 Å². The molecular formula is C19H15N3O8S. The Hall–Kier alpha value is -4.06. The van der Waals surface area contributed by atoms with E-state index in [0.717, 1.165) is 6.07 Å². The Morgan fingerprint density at radius 1 is 1.00 bits per heavy atom. The molecule has 0 atom stereocenters. The van der Waals surface area contributed by atoms with Crippen molar-refractivity contribution in [2.75, 3.05) is 0 Å². The molecule has 160 valence electrons. The van der Waals surface area contributed by atoms with E-state index in [1.54, 1.807) is 0 Å². The van der Waals surface area contributed by atoms with E-state index >= 15 is 0 Å². The van der Waals surface area contributed by atoms with Crippen LogP contribution in [0.1, 0.15) is 22.6 Å². The SMILES string of the molecule is Cc1ccc(S(=O)(=O)Oc2ccc(/C=C/c3onc(C)c3[N+](=O)[O-])cc2)cc1[N+](=O)[O-]. The van der Waals surface area contributed by atoms with Crippen molar-refractivity contribution < 1.29 is 27.0 Å². The summed E-state index contributed by atoms with van der Waals surface area (Å²) in [4.78, 5) is 20.5. The lowest BCUT2D eigenvalue weighted by molar-refractivity contribution is -0.386. The minimum atomic E-state index is -4.29. The second kappa shape index (κ2) is 8.36. The lowest BCUT2D eigenvalue weighted by Crippen LogP contribution is -2.10. The fraction of sp³-hybridized carbons (Fsp3) is 0.105. The topological polar surface area (TPSA) is 156 Å². The molecule has 1 aromatic heterocycles. The summed E-state index contributed by atoms with van der Waals surface area (Å²) < 4.78 is 34.9. The van der Waals surface area contributed by atoms with Crippen LogP contribution in [0.25, 0.3) is 12.2 Å². The van der Waals surface area contributed by atoms with E-state index in [1.807, 2.05) is 0 Å². The molecule has 1 heterocycles. The summed E-state index contributed by atoms with van der Waals surface area (Å²) in [6.45, 7) is 2.95. The van der Waals surface area contributed by atoms with Gasteiger partial charge in [-0.2, -0.15) is 8.42 Å². The number of nitro benzene ring substituents is 1. The molecule has 0 radical (unpaired) electrons. The highest BCUT2D eigenvalue weighted by Crippen LogP contribution is 2.27. The van der Waals surface area contributed by atoms with Gasteiger partial charge in [-0.1, -0.05) is 29.4 Å². The summed E-state index contributed by atoms with van der Waals surface area (Å²) in [6, 6.07) is 9.28. The number of hydrogen-bond donors (Lipinski definition) is 0. The molecule has 0 aliphatic heterocycles. The van der Waals surface area contributed by atoms with Gasteiger partial charge in [-0.3, -0.25) is 20.2 Å². The summed E-state index contributed by atoms with van der Waals surface area (Å²) in [5, 5.41) is 25.6. The van der Waals surface area contributed by atoms with Crippen LogP contribution in [0.4, 0.5) is 11.4 Å². The van der Waals surface area contributed by atoms with Crippen molar-refractivity contribution in [2.45, 2.75) is 18.7 Å². The first-order valence-corrected chi connectivity index (χ1v) is 10.1. The predicted molar refractivity (Wildman–Crippen MR) is 109 cm³/mol. The highest BCUT2D eigenvalue weighted by Gasteiger charge is 2.23. The van der Waals surface area contributed by atoms with E-state index in [9.17, 15) is 28.6 Å². The number of aromatic nitrogens is 1. The van der Waals surface area contributed by atoms with Crippen LogP contribution in [-0.2, 0) is 10.1 Å². The summed E-state index contributed by atoms with van der Waals surface area (Å²) in [7, 11) is -4.29. The molecule has 0 fully saturated rings. The molecule has 2 aromatic carbocycles. The average Bonchev–Trinajstić information content (AvgIpc) is 3.08. The zero-order chi connectivity index (χ0) is 22.8. The summed E-state index contributed by atoms with van der Waals surface area (Å²) in [5.41, 5.74) is 0.479. The molecule has 0 aliphatic rings. The lowest BCUT2D eigenvalue weighted by atomic mass is 10.2. The van der Waals surface area contributed by atoms with Crippen LogP contribution in [0, 0.1) is 34.1 Å². The van der Waals surface area contributed by atoms with E-state index in [1.165, 1.54) is 62.4 Å². The smallest absolute Gasteiger partial charge is 0.339 e. The van der Waals surface area contributed by atoms with Gasteiger partial charge in [-0.05, 0) is 43.7 Å². The number of benzene rings is 2. The molecule has 0 spiro atoms. The molecule has 3 rings (SSSR count). The molecule has 0 saturated carbocycles. The van der Waals surface area contributed by atoms with Crippen LogP contribution in [0.15, 0.2) is 51.9 Å². The number of nitrogens with zero attached hydrogens (tertiary/aromatic N) is 3. The number of hydrogen-bond acceptors (Lipinski definition) is 9. The molecule has 0 amide bonds. The molecule has 0 N–H and O–H groups in total. The zero-order valence-electron chi connectivity index (χ0n) is 16.2. The van der Waals surface area contributed by atoms with Crippen molar-refractivity contribution in [2.24, 2.45) is 0 Å². The second-order valence-corrected chi connectivity index (χ2v) is 7.93. The van der Waals surface area contributed by atoms with Crippen molar-refractivity contribution in [1.82, 2.24) is 5.16 Å². The zero-order valence-corrected chi connectivity index (χ0v) is 17.0. The van der Waals surface area contributed by atoms with E-state index in [0.29, 0.717) is 11.1 Å². The van der Waals surface area contributed by atoms with E-state index < -0.39 is 20.0 Å². The second-order valence-electron chi connectivity index (χ2n) is 6.38. The molecule has 31 heavy (non-hydrogen) atoms. The van der Waals surface area contributed by atoms with Crippen LogP contribution >= 0.6 is 0 Å². The van der Waals surface area contributed by atoms with Gasteiger partial charge in [0.05, 0.1) is 9.85 Å². The van der Waals surface area contributed by atoms with Gasteiger partial charge in [-0.25, -0.2) is 0 Å². The number of nitro groups is 2. The third-order valence-corrected chi connectivity index (χ3v) is 5.46. The van der Waals surface area contributed by atoms with Gasteiger partial charge in [-0.15, -0.1) is 0 Å². The molecule has 11 nitrogen and oxygen atoms in total. The third kappa shape index (κ3) is 4.75. The fourth-order valence-corrected chi connectivity index (χ4v) is 3.59. The van der Waals surface area contributed by atoms with E-state index in [2.05, 4.69) is 5.16 Å². The van der Waals surface area contributed by atoms with Crippen molar-refractivity contribution in [3.8, 4) is 5.75 Å².